The molecule has 0 aromatic heterocycles. The van der Waals surface area contributed by atoms with Gasteiger partial charge in [-0.3, -0.25) is 4.79 Å². The number of hydrogen-bond donors (Lipinski definition) is 0. The minimum atomic E-state index is -1.14. The number of hydrogen-bond acceptors (Lipinski definition) is 3. The fraction of sp³-hybridized carbons (Fsp3) is 0.800. The third kappa shape index (κ3) is 2.47. The Labute approximate surface area is 83.9 Å². The van der Waals surface area contributed by atoms with E-state index in [1.54, 1.807) is 6.92 Å². The molecule has 0 radical (unpaired) electrons. The molecule has 1 aliphatic heterocycles. The molecule has 0 aromatic rings. The van der Waals surface area contributed by atoms with Crippen LogP contribution in [0, 0.1) is 0 Å². The SMILES string of the molecule is CCC(C(=O)[O-])N1CCCCCC1=O. The zero-order valence-electron chi connectivity index (χ0n) is 8.49. The highest BCUT2D eigenvalue weighted by Gasteiger charge is 2.24. The van der Waals surface area contributed by atoms with E-state index in [0.29, 0.717) is 19.4 Å². The van der Waals surface area contributed by atoms with E-state index in [9.17, 15) is 14.7 Å². The van der Waals surface area contributed by atoms with E-state index < -0.39 is 12.0 Å². The molecule has 4 nitrogen and oxygen atoms in total. The van der Waals surface area contributed by atoms with Crippen LogP contribution in [0.4, 0.5) is 0 Å². The first-order valence-electron chi connectivity index (χ1n) is 5.17. The first-order valence-corrected chi connectivity index (χ1v) is 5.17. The maximum atomic E-state index is 11.6. The maximum absolute atomic E-state index is 11.6. The summed E-state index contributed by atoms with van der Waals surface area (Å²) >= 11 is 0. The molecular formula is C10H16NO3-. The minimum Gasteiger partial charge on any atom is -0.548 e. The van der Waals surface area contributed by atoms with Gasteiger partial charge < -0.3 is 14.8 Å². The van der Waals surface area contributed by atoms with Gasteiger partial charge in [0.05, 0.1) is 12.0 Å². The van der Waals surface area contributed by atoms with Gasteiger partial charge in [0.1, 0.15) is 0 Å². The van der Waals surface area contributed by atoms with Gasteiger partial charge in [0.2, 0.25) is 5.91 Å². The second-order valence-corrected chi connectivity index (χ2v) is 3.64. The van der Waals surface area contributed by atoms with E-state index in [0.717, 1.165) is 19.3 Å². The minimum absolute atomic E-state index is 0.0430. The van der Waals surface area contributed by atoms with Crippen molar-refractivity contribution < 1.29 is 14.7 Å². The van der Waals surface area contributed by atoms with Gasteiger partial charge in [-0.1, -0.05) is 13.3 Å². The van der Waals surface area contributed by atoms with Crippen molar-refractivity contribution in [3.63, 3.8) is 0 Å². The van der Waals surface area contributed by atoms with E-state index in [4.69, 9.17) is 0 Å². The molecule has 0 aromatic carbocycles. The summed E-state index contributed by atoms with van der Waals surface area (Å²) in [6.07, 6.45) is 3.68. The molecule has 0 N–H and O–H groups in total. The summed E-state index contributed by atoms with van der Waals surface area (Å²) in [4.78, 5) is 23.8. The molecule has 0 spiro atoms. The number of likely N-dealkylation sites (tertiary alicyclic amines) is 1. The van der Waals surface area contributed by atoms with Crippen LogP contribution in [0.3, 0.4) is 0 Å². The lowest BCUT2D eigenvalue weighted by atomic mass is 10.2. The summed E-state index contributed by atoms with van der Waals surface area (Å²) in [5, 5.41) is 10.8. The molecule has 1 heterocycles. The van der Waals surface area contributed by atoms with Crippen molar-refractivity contribution in [1.82, 2.24) is 4.90 Å². The fourth-order valence-corrected chi connectivity index (χ4v) is 1.85. The first-order chi connectivity index (χ1) is 6.66. The van der Waals surface area contributed by atoms with Gasteiger partial charge in [0.15, 0.2) is 0 Å². The van der Waals surface area contributed by atoms with Gasteiger partial charge >= 0.3 is 0 Å². The fourth-order valence-electron chi connectivity index (χ4n) is 1.85. The lowest BCUT2D eigenvalue weighted by molar-refractivity contribution is -0.311. The lowest BCUT2D eigenvalue weighted by Crippen LogP contribution is -2.50. The normalized spacial score (nSPS) is 20.4. The molecule has 1 atom stereocenters. The molecule has 1 saturated heterocycles. The van der Waals surface area contributed by atoms with E-state index in [-0.39, 0.29) is 5.91 Å². The summed E-state index contributed by atoms with van der Waals surface area (Å²) in [5.74, 6) is -1.18. The predicted molar refractivity (Wildman–Crippen MR) is 49.3 cm³/mol. The standard InChI is InChI=1S/C10H17NO3/c1-2-8(10(13)14)11-7-5-3-4-6-9(11)12/h8H,2-7H2,1H3,(H,13,14)/p-1. The Morgan fingerprint density at radius 1 is 1.50 bits per heavy atom. The van der Waals surface area contributed by atoms with Crippen LogP contribution in [-0.4, -0.2) is 29.4 Å². The highest BCUT2D eigenvalue weighted by molar-refractivity contribution is 5.82. The van der Waals surface area contributed by atoms with Gasteiger partial charge in [-0.25, -0.2) is 0 Å². The molecule has 80 valence electrons. The number of rotatable bonds is 3. The van der Waals surface area contributed by atoms with Crippen molar-refractivity contribution >= 4 is 11.9 Å². The highest BCUT2D eigenvalue weighted by Crippen LogP contribution is 2.15. The number of carboxylic acid groups (broad SMARTS) is 1. The summed E-state index contributed by atoms with van der Waals surface area (Å²) in [5.41, 5.74) is 0. The molecule has 4 heteroatoms. The summed E-state index contributed by atoms with van der Waals surface area (Å²) < 4.78 is 0. The third-order valence-corrected chi connectivity index (χ3v) is 2.65. The number of carbonyl (C=O) groups excluding carboxylic acids is 2. The molecule has 1 unspecified atom stereocenters. The van der Waals surface area contributed by atoms with Crippen LogP contribution in [0.15, 0.2) is 0 Å². The van der Waals surface area contributed by atoms with Crippen molar-refractivity contribution in [1.29, 1.82) is 0 Å². The Hall–Kier alpha value is -1.06. The molecule has 0 bridgehead atoms. The monoisotopic (exact) mass is 198 g/mol. The summed E-state index contributed by atoms with van der Waals surface area (Å²) in [7, 11) is 0. The van der Waals surface area contributed by atoms with Crippen LogP contribution >= 0.6 is 0 Å². The first kappa shape index (κ1) is 11.0. The van der Waals surface area contributed by atoms with Crippen molar-refractivity contribution in [3.05, 3.63) is 0 Å². The number of amides is 1. The quantitative estimate of drug-likeness (QED) is 0.637. The molecule has 1 rings (SSSR count). The van der Waals surface area contributed by atoms with Gasteiger partial charge in [-0.2, -0.15) is 0 Å². The third-order valence-electron chi connectivity index (χ3n) is 2.65. The Morgan fingerprint density at radius 2 is 2.21 bits per heavy atom. The lowest BCUT2D eigenvalue weighted by Gasteiger charge is -2.30. The molecule has 14 heavy (non-hydrogen) atoms. The van der Waals surface area contributed by atoms with Crippen molar-refractivity contribution in [3.8, 4) is 0 Å². The van der Waals surface area contributed by atoms with E-state index in [1.165, 1.54) is 4.90 Å². The van der Waals surface area contributed by atoms with Crippen LogP contribution in [0.25, 0.3) is 0 Å². The van der Waals surface area contributed by atoms with E-state index in [1.807, 2.05) is 0 Å². The van der Waals surface area contributed by atoms with Crippen molar-refractivity contribution in [2.24, 2.45) is 0 Å². The largest absolute Gasteiger partial charge is 0.548 e. The number of nitrogens with zero attached hydrogens (tertiary/aromatic N) is 1. The zero-order chi connectivity index (χ0) is 10.6. The summed E-state index contributed by atoms with van der Waals surface area (Å²) in [6, 6.07) is -0.736. The number of carbonyl (C=O) groups is 2. The molecule has 1 aliphatic rings. The second-order valence-electron chi connectivity index (χ2n) is 3.64. The topological polar surface area (TPSA) is 60.4 Å². The van der Waals surface area contributed by atoms with Crippen LogP contribution in [0.2, 0.25) is 0 Å². The van der Waals surface area contributed by atoms with Crippen LogP contribution in [0.1, 0.15) is 39.0 Å². The highest BCUT2D eigenvalue weighted by atomic mass is 16.4. The molecular weight excluding hydrogens is 182 g/mol. The van der Waals surface area contributed by atoms with Crippen LogP contribution in [-0.2, 0) is 9.59 Å². The smallest absolute Gasteiger partial charge is 0.223 e. The Kier molecular flexibility index (Phi) is 3.92. The van der Waals surface area contributed by atoms with E-state index in [2.05, 4.69) is 0 Å². The second kappa shape index (κ2) is 4.98. The van der Waals surface area contributed by atoms with Gasteiger partial charge in [0, 0.05) is 13.0 Å². The zero-order valence-corrected chi connectivity index (χ0v) is 8.49. The van der Waals surface area contributed by atoms with Gasteiger partial charge in [0.25, 0.3) is 0 Å². The summed E-state index contributed by atoms with van der Waals surface area (Å²) in [6.45, 7) is 2.32. The van der Waals surface area contributed by atoms with E-state index >= 15 is 0 Å². The van der Waals surface area contributed by atoms with Crippen LogP contribution in [0.5, 0.6) is 0 Å². The number of carboxylic acids is 1. The van der Waals surface area contributed by atoms with Crippen molar-refractivity contribution in [2.45, 2.75) is 45.1 Å². The average molecular weight is 198 g/mol. The van der Waals surface area contributed by atoms with Crippen molar-refractivity contribution in [2.75, 3.05) is 6.54 Å². The Balaban J connectivity index is 2.70. The van der Waals surface area contributed by atoms with Gasteiger partial charge in [-0.05, 0) is 19.3 Å². The average Bonchev–Trinajstić information content (AvgIpc) is 2.33. The number of aliphatic carboxylic acids is 1. The Bertz CT molecular complexity index is 227. The van der Waals surface area contributed by atoms with Gasteiger partial charge in [-0.15, -0.1) is 0 Å². The maximum Gasteiger partial charge on any atom is 0.223 e. The molecule has 1 amide bonds. The molecule has 0 aliphatic carbocycles. The Morgan fingerprint density at radius 3 is 2.79 bits per heavy atom. The predicted octanol–water partition coefficient (Wildman–Crippen LogP) is -0.0825. The van der Waals surface area contributed by atoms with Crippen LogP contribution < -0.4 is 5.11 Å². The molecule has 0 saturated carbocycles. The molecule has 1 fully saturated rings.